The number of nitrogens with zero attached hydrogens (tertiary/aromatic N) is 5. The average Bonchev–Trinajstić information content (AvgIpc) is 3.54. The normalized spacial score (nSPS) is 23.1. The molecule has 0 radical (unpaired) electrons. The Morgan fingerprint density at radius 1 is 1.05 bits per heavy atom. The maximum absolute atomic E-state index is 14.1. The first-order chi connectivity index (χ1) is 19.1. The second kappa shape index (κ2) is 11.7. The summed E-state index contributed by atoms with van der Waals surface area (Å²) >= 11 is 0. The minimum atomic E-state index is -0.883. The maximum atomic E-state index is 14.1. The lowest BCUT2D eigenvalue weighted by atomic mass is 9.85. The van der Waals surface area contributed by atoms with E-state index in [2.05, 4.69) is 15.6 Å². The lowest BCUT2D eigenvalue weighted by Crippen LogP contribution is -2.56. The van der Waals surface area contributed by atoms with Crippen LogP contribution in [-0.2, 0) is 20.8 Å². The standard InChI is InChI=1S/C30H42N6O4/c1-30(2,3)26(36-19-24(32-33-36)21-12-13-21)29(40)35-18-22(37)17-25(35)27(38)31-23(16-20-10-6-4-7-11-20)28(39)34-14-8-5-9-15-34/h4,6-7,10-11,19,21-23,25-26,37H,5,8-9,12-18H2,1-3H3,(H,31,38)/t22?,23?,25?,26-/m1/s1. The average molecular weight is 551 g/mol. The van der Waals surface area contributed by atoms with E-state index in [9.17, 15) is 19.5 Å². The van der Waals surface area contributed by atoms with Gasteiger partial charge < -0.3 is 20.2 Å². The molecule has 10 nitrogen and oxygen atoms in total. The molecule has 1 aliphatic carbocycles. The highest BCUT2D eigenvalue weighted by molar-refractivity contribution is 5.93. The van der Waals surface area contributed by atoms with Gasteiger partial charge in [0.2, 0.25) is 17.7 Å². The van der Waals surface area contributed by atoms with Crippen LogP contribution in [0.3, 0.4) is 0 Å². The molecule has 0 spiro atoms. The Bertz CT molecular complexity index is 1200. The molecule has 3 amide bonds. The second-order valence-corrected chi connectivity index (χ2v) is 12.7. The van der Waals surface area contributed by atoms with Gasteiger partial charge in [0.05, 0.1) is 11.8 Å². The van der Waals surface area contributed by atoms with Gasteiger partial charge >= 0.3 is 0 Å². The van der Waals surface area contributed by atoms with Crippen LogP contribution in [0.25, 0.3) is 0 Å². The van der Waals surface area contributed by atoms with Crippen molar-refractivity contribution in [1.29, 1.82) is 0 Å². The van der Waals surface area contributed by atoms with Crippen molar-refractivity contribution < 1.29 is 19.5 Å². The van der Waals surface area contributed by atoms with Crippen molar-refractivity contribution in [2.75, 3.05) is 19.6 Å². The number of benzene rings is 1. The minimum Gasteiger partial charge on any atom is -0.391 e. The van der Waals surface area contributed by atoms with Crippen molar-refractivity contribution in [3.63, 3.8) is 0 Å². The molecule has 1 saturated carbocycles. The zero-order valence-electron chi connectivity index (χ0n) is 23.8. The molecular weight excluding hydrogens is 508 g/mol. The predicted octanol–water partition coefficient (Wildman–Crippen LogP) is 2.44. The number of aliphatic hydroxyl groups excluding tert-OH is 1. The summed E-state index contributed by atoms with van der Waals surface area (Å²) in [7, 11) is 0. The number of hydrogen-bond donors (Lipinski definition) is 2. The molecule has 2 saturated heterocycles. The molecule has 40 heavy (non-hydrogen) atoms. The van der Waals surface area contributed by atoms with E-state index in [0.29, 0.717) is 25.4 Å². The molecule has 3 fully saturated rings. The summed E-state index contributed by atoms with van der Waals surface area (Å²) in [6.45, 7) is 7.30. The number of piperidine rings is 1. The Labute approximate surface area is 236 Å². The summed E-state index contributed by atoms with van der Waals surface area (Å²) in [5.41, 5.74) is 1.32. The van der Waals surface area contributed by atoms with E-state index < -0.39 is 35.6 Å². The summed E-state index contributed by atoms with van der Waals surface area (Å²) in [4.78, 5) is 44.7. The third kappa shape index (κ3) is 6.37. The van der Waals surface area contributed by atoms with E-state index in [1.807, 2.05) is 62.2 Å². The Balaban J connectivity index is 1.36. The molecule has 1 aromatic carbocycles. The van der Waals surface area contributed by atoms with Crippen LogP contribution in [0.15, 0.2) is 36.5 Å². The van der Waals surface area contributed by atoms with Crippen molar-refractivity contribution in [3.8, 4) is 0 Å². The molecular formula is C30H42N6O4. The second-order valence-electron chi connectivity index (χ2n) is 12.7. The van der Waals surface area contributed by atoms with Crippen molar-refractivity contribution in [3.05, 3.63) is 47.8 Å². The van der Waals surface area contributed by atoms with Crippen LogP contribution in [0.4, 0.5) is 0 Å². The first-order valence-electron chi connectivity index (χ1n) is 14.6. The van der Waals surface area contributed by atoms with Crippen LogP contribution in [0.2, 0.25) is 0 Å². The van der Waals surface area contributed by atoms with Gasteiger partial charge in [-0.25, -0.2) is 4.68 Å². The zero-order valence-corrected chi connectivity index (χ0v) is 23.8. The van der Waals surface area contributed by atoms with Crippen molar-refractivity contribution in [2.45, 2.75) is 95.9 Å². The number of rotatable bonds is 8. The molecule has 3 heterocycles. The Hall–Kier alpha value is -3.27. The lowest BCUT2D eigenvalue weighted by Gasteiger charge is -2.35. The van der Waals surface area contributed by atoms with Crippen LogP contribution >= 0.6 is 0 Å². The fraction of sp³-hybridized carbons (Fsp3) is 0.633. The monoisotopic (exact) mass is 550 g/mol. The van der Waals surface area contributed by atoms with Gasteiger partial charge in [-0.1, -0.05) is 56.3 Å². The number of likely N-dealkylation sites (tertiary alicyclic amines) is 2. The van der Waals surface area contributed by atoms with E-state index >= 15 is 0 Å². The smallest absolute Gasteiger partial charge is 0.248 e. The highest BCUT2D eigenvalue weighted by Gasteiger charge is 2.46. The Morgan fingerprint density at radius 3 is 2.40 bits per heavy atom. The van der Waals surface area contributed by atoms with Crippen LogP contribution < -0.4 is 5.32 Å². The topological polar surface area (TPSA) is 121 Å². The van der Waals surface area contributed by atoms with Gasteiger partial charge in [-0.2, -0.15) is 0 Å². The number of carbonyl (C=O) groups excluding carboxylic acids is 3. The Kier molecular flexibility index (Phi) is 8.26. The maximum Gasteiger partial charge on any atom is 0.248 e. The summed E-state index contributed by atoms with van der Waals surface area (Å²) in [6.07, 6.45) is 6.65. The van der Waals surface area contributed by atoms with E-state index in [1.165, 1.54) is 4.90 Å². The Morgan fingerprint density at radius 2 is 1.75 bits per heavy atom. The predicted molar refractivity (Wildman–Crippen MR) is 149 cm³/mol. The van der Waals surface area contributed by atoms with Crippen LogP contribution in [0.1, 0.15) is 82.5 Å². The van der Waals surface area contributed by atoms with E-state index in [1.54, 1.807) is 4.68 Å². The number of amides is 3. The molecule has 216 valence electrons. The summed E-state index contributed by atoms with van der Waals surface area (Å²) in [6, 6.07) is 7.31. The molecule has 3 unspecified atom stereocenters. The summed E-state index contributed by atoms with van der Waals surface area (Å²) < 4.78 is 1.62. The van der Waals surface area contributed by atoms with Gasteiger partial charge in [0, 0.05) is 44.6 Å². The van der Waals surface area contributed by atoms with Gasteiger partial charge in [-0.3, -0.25) is 14.4 Å². The lowest BCUT2D eigenvalue weighted by molar-refractivity contribution is -0.145. The largest absolute Gasteiger partial charge is 0.391 e. The van der Waals surface area contributed by atoms with E-state index in [-0.39, 0.29) is 24.8 Å². The number of nitrogens with one attached hydrogen (secondary N) is 1. The molecule has 1 aromatic heterocycles. The molecule has 2 aromatic rings. The van der Waals surface area contributed by atoms with E-state index in [0.717, 1.165) is 43.4 Å². The molecule has 10 heteroatoms. The fourth-order valence-corrected chi connectivity index (χ4v) is 5.98. The summed E-state index contributed by atoms with van der Waals surface area (Å²) in [5, 5.41) is 22.2. The van der Waals surface area contributed by atoms with Crippen LogP contribution in [0.5, 0.6) is 0 Å². The van der Waals surface area contributed by atoms with Gasteiger partial charge in [0.15, 0.2) is 0 Å². The number of aliphatic hydroxyl groups is 1. The summed E-state index contributed by atoms with van der Waals surface area (Å²) in [5.74, 6) is -0.397. The third-order valence-corrected chi connectivity index (χ3v) is 8.27. The number of carbonyl (C=O) groups is 3. The van der Waals surface area contributed by atoms with Gasteiger partial charge in [0.25, 0.3) is 0 Å². The number of hydrogen-bond acceptors (Lipinski definition) is 6. The van der Waals surface area contributed by atoms with Crippen molar-refractivity contribution in [1.82, 2.24) is 30.1 Å². The number of β-amino-alcohol motifs (C(OH)–C–C–N with tert-alkyl or cyclic N) is 1. The third-order valence-electron chi connectivity index (χ3n) is 8.27. The zero-order chi connectivity index (χ0) is 28.4. The van der Waals surface area contributed by atoms with Crippen molar-refractivity contribution in [2.24, 2.45) is 5.41 Å². The van der Waals surface area contributed by atoms with Gasteiger partial charge in [-0.05, 0) is 43.1 Å². The first-order valence-corrected chi connectivity index (χ1v) is 14.6. The molecule has 3 aliphatic rings. The van der Waals surface area contributed by atoms with E-state index in [4.69, 9.17) is 0 Å². The molecule has 2 N–H and O–H groups in total. The van der Waals surface area contributed by atoms with Gasteiger partial charge in [-0.15, -0.1) is 5.10 Å². The quantitative estimate of drug-likeness (QED) is 0.521. The SMILES string of the molecule is CC(C)(C)[C@@H](C(=O)N1CC(O)CC1C(=O)NC(Cc1ccccc1)C(=O)N1CCCCC1)n1cc(C2CC2)nn1. The molecule has 0 bridgehead atoms. The van der Waals surface area contributed by atoms with Gasteiger partial charge in [0.1, 0.15) is 18.1 Å². The number of aromatic nitrogens is 3. The fourth-order valence-electron chi connectivity index (χ4n) is 5.98. The highest BCUT2D eigenvalue weighted by atomic mass is 16.3. The van der Waals surface area contributed by atoms with Crippen molar-refractivity contribution >= 4 is 17.7 Å². The highest BCUT2D eigenvalue weighted by Crippen LogP contribution is 2.40. The minimum absolute atomic E-state index is 0.0527. The van der Waals surface area contributed by atoms with Crippen LogP contribution in [0, 0.1) is 5.41 Å². The molecule has 2 aliphatic heterocycles. The van der Waals surface area contributed by atoms with Crippen LogP contribution in [-0.4, -0.2) is 85.4 Å². The molecule has 5 rings (SSSR count). The first kappa shape index (κ1) is 28.3. The molecule has 4 atom stereocenters.